The van der Waals surface area contributed by atoms with Crippen LogP contribution in [-0.2, 0) is 24.1 Å². The molecule has 3 rings (SSSR count). The Morgan fingerprint density at radius 1 is 1.38 bits per heavy atom. The largest absolute Gasteiger partial charge is 0.355 e. The molecule has 0 aromatic carbocycles. The molecule has 6 heteroatoms. The van der Waals surface area contributed by atoms with Crippen LogP contribution in [0.3, 0.4) is 0 Å². The van der Waals surface area contributed by atoms with E-state index in [1.807, 2.05) is 12.1 Å². The number of carbonyl (C=O) groups excluding carboxylic acids is 2. The standard InChI is InChI=1S/C18H22N2O2S2/c1-20(2)18(22)16-11-13-10-12(5-6-15(13)24-16)17(21)19-8-7-14-4-3-9-23-14/h3-4,9,11-12H,5-8,10H2,1-2H3,(H,19,21)/t12-/m0/s1. The minimum atomic E-state index is 0.0257. The number of nitrogens with one attached hydrogen (secondary N) is 1. The summed E-state index contributed by atoms with van der Waals surface area (Å²) in [5.74, 6) is 0.216. The summed E-state index contributed by atoms with van der Waals surface area (Å²) >= 11 is 3.30. The molecule has 0 fully saturated rings. The monoisotopic (exact) mass is 362 g/mol. The van der Waals surface area contributed by atoms with Gasteiger partial charge in [-0.1, -0.05) is 6.07 Å². The maximum atomic E-state index is 12.4. The second-order valence-electron chi connectivity index (χ2n) is 6.32. The predicted molar refractivity (Wildman–Crippen MR) is 98.9 cm³/mol. The Morgan fingerprint density at radius 3 is 2.92 bits per heavy atom. The molecule has 1 N–H and O–H groups in total. The van der Waals surface area contributed by atoms with Crippen molar-refractivity contribution >= 4 is 34.5 Å². The van der Waals surface area contributed by atoms with Gasteiger partial charge in [-0.15, -0.1) is 22.7 Å². The summed E-state index contributed by atoms with van der Waals surface area (Å²) in [6.45, 7) is 0.691. The van der Waals surface area contributed by atoms with E-state index in [1.165, 1.54) is 15.3 Å². The number of fused-ring (bicyclic) bond motifs is 1. The Morgan fingerprint density at radius 2 is 2.21 bits per heavy atom. The number of thiophene rings is 2. The first kappa shape index (κ1) is 17.2. The van der Waals surface area contributed by atoms with Crippen molar-refractivity contribution in [2.75, 3.05) is 20.6 Å². The molecule has 1 aliphatic carbocycles. The lowest BCUT2D eigenvalue weighted by atomic mass is 9.87. The fourth-order valence-electron chi connectivity index (χ4n) is 2.98. The molecule has 0 saturated carbocycles. The second kappa shape index (κ2) is 7.49. The molecular weight excluding hydrogens is 340 g/mol. The zero-order valence-electron chi connectivity index (χ0n) is 14.0. The number of carbonyl (C=O) groups is 2. The molecule has 0 bridgehead atoms. The molecule has 4 nitrogen and oxygen atoms in total. The van der Waals surface area contributed by atoms with E-state index in [0.29, 0.717) is 6.54 Å². The first-order valence-corrected chi connectivity index (χ1v) is 9.87. The number of aryl methyl sites for hydroxylation is 1. The average molecular weight is 363 g/mol. The SMILES string of the molecule is CN(C)C(=O)c1cc2c(s1)CC[C@H](C(=O)NCCc1cccs1)C2. The van der Waals surface area contributed by atoms with Gasteiger partial charge in [-0.2, -0.15) is 0 Å². The molecule has 2 heterocycles. The topological polar surface area (TPSA) is 49.4 Å². The van der Waals surface area contributed by atoms with E-state index < -0.39 is 0 Å². The maximum Gasteiger partial charge on any atom is 0.263 e. The van der Waals surface area contributed by atoms with Crippen LogP contribution in [0.2, 0.25) is 0 Å². The summed E-state index contributed by atoms with van der Waals surface area (Å²) < 4.78 is 0. The highest BCUT2D eigenvalue weighted by molar-refractivity contribution is 7.14. The molecule has 0 aliphatic heterocycles. The second-order valence-corrected chi connectivity index (χ2v) is 8.49. The Bertz CT molecular complexity index is 719. The van der Waals surface area contributed by atoms with Gasteiger partial charge in [0.05, 0.1) is 4.88 Å². The molecule has 24 heavy (non-hydrogen) atoms. The van der Waals surface area contributed by atoms with E-state index in [1.54, 1.807) is 41.7 Å². The maximum absolute atomic E-state index is 12.4. The van der Waals surface area contributed by atoms with Gasteiger partial charge < -0.3 is 10.2 Å². The molecular formula is C18H22N2O2S2. The minimum absolute atomic E-state index is 0.0257. The number of nitrogens with zero attached hydrogens (tertiary/aromatic N) is 1. The Labute approximate surface area is 150 Å². The number of hydrogen-bond acceptors (Lipinski definition) is 4. The first-order valence-electron chi connectivity index (χ1n) is 8.18. The lowest BCUT2D eigenvalue weighted by molar-refractivity contribution is -0.125. The number of amides is 2. The number of hydrogen-bond donors (Lipinski definition) is 1. The summed E-state index contributed by atoms with van der Waals surface area (Å²) in [6, 6.07) is 6.11. The van der Waals surface area contributed by atoms with E-state index in [0.717, 1.165) is 30.6 Å². The van der Waals surface area contributed by atoms with Crippen LogP contribution in [0.1, 0.15) is 31.4 Å². The van der Waals surface area contributed by atoms with Crippen LogP contribution in [0.25, 0.3) is 0 Å². The molecule has 0 unspecified atom stereocenters. The Hall–Kier alpha value is -1.66. The molecule has 1 atom stereocenters. The summed E-state index contributed by atoms with van der Waals surface area (Å²) in [5, 5.41) is 5.12. The van der Waals surface area contributed by atoms with Crippen molar-refractivity contribution in [2.45, 2.75) is 25.7 Å². The molecule has 2 aromatic rings. The van der Waals surface area contributed by atoms with Crippen molar-refractivity contribution in [3.63, 3.8) is 0 Å². The van der Waals surface area contributed by atoms with Crippen molar-refractivity contribution in [1.82, 2.24) is 10.2 Å². The lowest BCUT2D eigenvalue weighted by Crippen LogP contribution is -2.34. The van der Waals surface area contributed by atoms with Crippen molar-refractivity contribution in [2.24, 2.45) is 5.92 Å². The third-order valence-corrected chi connectivity index (χ3v) is 6.48. The van der Waals surface area contributed by atoms with E-state index >= 15 is 0 Å². The molecule has 2 amide bonds. The van der Waals surface area contributed by atoms with Crippen molar-refractivity contribution in [1.29, 1.82) is 0 Å². The smallest absolute Gasteiger partial charge is 0.263 e. The van der Waals surface area contributed by atoms with Crippen LogP contribution in [0, 0.1) is 5.92 Å². The first-order chi connectivity index (χ1) is 11.5. The fraction of sp³-hybridized carbons (Fsp3) is 0.444. The summed E-state index contributed by atoms with van der Waals surface area (Å²) in [7, 11) is 3.54. The van der Waals surface area contributed by atoms with Gasteiger partial charge in [0.25, 0.3) is 5.91 Å². The van der Waals surface area contributed by atoms with Gasteiger partial charge in [-0.3, -0.25) is 9.59 Å². The molecule has 0 spiro atoms. The summed E-state index contributed by atoms with van der Waals surface area (Å²) in [5.41, 5.74) is 1.18. The highest BCUT2D eigenvalue weighted by Crippen LogP contribution is 2.33. The van der Waals surface area contributed by atoms with Crippen molar-refractivity contribution < 1.29 is 9.59 Å². The van der Waals surface area contributed by atoms with E-state index in [9.17, 15) is 9.59 Å². The zero-order valence-corrected chi connectivity index (χ0v) is 15.6. The van der Waals surface area contributed by atoms with Gasteiger partial charge in [-0.25, -0.2) is 0 Å². The normalized spacial score (nSPS) is 16.5. The third kappa shape index (κ3) is 3.87. The lowest BCUT2D eigenvalue weighted by Gasteiger charge is -2.21. The van der Waals surface area contributed by atoms with Crippen LogP contribution >= 0.6 is 22.7 Å². The van der Waals surface area contributed by atoms with Crippen LogP contribution in [0.5, 0.6) is 0 Å². The minimum Gasteiger partial charge on any atom is -0.355 e. The third-order valence-electron chi connectivity index (χ3n) is 4.32. The van der Waals surface area contributed by atoms with Gasteiger partial charge in [0.1, 0.15) is 0 Å². The van der Waals surface area contributed by atoms with E-state index in [-0.39, 0.29) is 17.7 Å². The van der Waals surface area contributed by atoms with Crippen LogP contribution in [0.4, 0.5) is 0 Å². The van der Waals surface area contributed by atoms with Crippen molar-refractivity contribution in [3.8, 4) is 0 Å². The highest BCUT2D eigenvalue weighted by atomic mass is 32.1. The quantitative estimate of drug-likeness (QED) is 0.889. The van der Waals surface area contributed by atoms with Gasteiger partial charge in [-0.05, 0) is 48.8 Å². The van der Waals surface area contributed by atoms with Crippen molar-refractivity contribution in [3.05, 3.63) is 43.8 Å². The Kier molecular flexibility index (Phi) is 5.36. The average Bonchev–Trinajstić information content (AvgIpc) is 3.22. The number of rotatable bonds is 5. The summed E-state index contributed by atoms with van der Waals surface area (Å²) in [6.07, 6.45) is 3.40. The van der Waals surface area contributed by atoms with E-state index in [4.69, 9.17) is 0 Å². The van der Waals surface area contributed by atoms with Gasteiger partial charge >= 0.3 is 0 Å². The molecule has 0 saturated heterocycles. The van der Waals surface area contributed by atoms with Crippen LogP contribution < -0.4 is 5.32 Å². The fourth-order valence-corrected chi connectivity index (χ4v) is 4.92. The van der Waals surface area contributed by atoms with Gasteiger partial charge in [0.2, 0.25) is 5.91 Å². The zero-order chi connectivity index (χ0) is 17.1. The predicted octanol–water partition coefficient (Wildman–Crippen LogP) is 2.98. The van der Waals surface area contributed by atoms with E-state index in [2.05, 4.69) is 16.8 Å². The Balaban J connectivity index is 1.56. The molecule has 1 aliphatic rings. The van der Waals surface area contributed by atoms with Crippen LogP contribution in [-0.4, -0.2) is 37.4 Å². The highest BCUT2D eigenvalue weighted by Gasteiger charge is 2.27. The molecule has 2 aromatic heterocycles. The van der Waals surface area contributed by atoms with Gasteiger partial charge in [0.15, 0.2) is 0 Å². The van der Waals surface area contributed by atoms with Gasteiger partial charge in [0, 0.05) is 36.3 Å². The summed E-state index contributed by atoms with van der Waals surface area (Å²) in [4.78, 5) is 29.4. The van der Waals surface area contributed by atoms with Crippen LogP contribution in [0.15, 0.2) is 23.6 Å². The molecule has 128 valence electrons. The molecule has 0 radical (unpaired) electrons.